The molecule has 0 heteroatoms. The maximum atomic E-state index is 2.49. The van der Waals surface area contributed by atoms with Crippen molar-refractivity contribution in [3.63, 3.8) is 0 Å². The molecule has 0 saturated carbocycles. The van der Waals surface area contributed by atoms with E-state index in [4.69, 9.17) is 0 Å². The van der Waals surface area contributed by atoms with Gasteiger partial charge in [-0.2, -0.15) is 0 Å². The summed E-state index contributed by atoms with van der Waals surface area (Å²) in [7, 11) is 0. The Morgan fingerprint density at radius 1 is 0.340 bits per heavy atom. The van der Waals surface area contributed by atoms with Gasteiger partial charge in [0.05, 0.1) is 0 Å². The first-order valence-electron chi connectivity index (χ1n) is 19.2. The van der Waals surface area contributed by atoms with Crippen molar-refractivity contribution < 1.29 is 0 Å². The summed E-state index contributed by atoms with van der Waals surface area (Å²) >= 11 is 0. The second kappa shape index (κ2) is 11.4. The van der Waals surface area contributed by atoms with Gasteiger partial charge in [0, 0.05) is 10.8 Å². The van der Waals surface area contributed by atoms with Crippen LogP contribution in [0.3, 0.4) is 0 Å². The molecule has 0 aromatic heterocycles. The Balaban J connectivity index is 1.04. The van der Waals surface area contributed by atoms with Crippen LogP contribution in [0.2, 0.25) is 0 Å². The molecule has 10 rings (SSSR count). The van der Waals surface area contributed by atoms with Gasteiger partial charge in [0.1, 0.15) is 0 Å². The summed E-state index contributed by atoms with van der Waals surface area (Å²) in [5.41, 5.74) is 20.2. The molecule has 0 spiro atoms. The summed E-state index contributed by atoms with van der Waals surface area (Å²) in [5, 5.41) is 5.07. The molecule has 0 nitrogen and oxygen atoms in total. The minimum absolute atomic E-state index is 0.0439. The second-order valence-electron chi connectivity index (χ2n) is 16.8. The van der Waals surface area contributed by atoms with E-state index in [9.17, 15) is 0 Å². The third-order valence-electron chi connectivity index (χ3n) is 12.5. The molecule has 0 N–H and O–H groups in total. The molecular formula is C53H44. The minimum Gasteiger partial charge on any atom is -0.0619 e. The van der Waals surface area contributed by atoms with E-state index in [-0.39, 0.29) is 10.8 Å². The van der Waals surface area contributed by atoms with Crippen molar-refractivity contribution in [1.82, 2.24) is 0 Å². The summed E-state index contributed by atoms with van der Waals surface area (Å²) in [4.78, 5) is 0. The lowest BCUT2D eigenvalue weighted by molar-refractivity contribution is 0.601. The maximum Gasteiger partial charge on any atom is 0.0162 e. The van der Waals surface area contributed by atoms with Crippen LogP contribution in [0.25, 0.3) is 77.2 Å². The average molecular weight is 681 g/mol. The van der Waals surface area contributed by atoms with Crippen LogP contribution in [0.15, 0.2) is 152 Å². The molecule has 0 saturated heterocycles. The SMILES string of the molecule is CC(C)c1cc(-c2ccc3c(c2)C(C)(C)c2c-3ccc3c2C(C)(C)c2ccccc2-3)cc(-c2ccc3cc(-c4ccc5ccccc5c4)ccc3c2)c1. The Labute approximate surface area is 313 Å². The van der Waals surface area contributed by atoms with E-state index in [1.165, 1.54) is 105 Å². The Hall–Kier alpha value is -5.72. The van der Waals surface area contributed by atoms with E-state index in [0.29, 0.717) is 5.92 Å². The molecule has 8 aromatic rings. The molecule has 53 heavy (non-hydrogen) atoms. The molecule has 8 aromatic carbocycles. The fraction of sp³-hybridized carbons (Fsp3) is 0.170. The van der Waals surface area contributed by atoms with Crippen molar-refractivity contribution in [2.24, 2.45) is 0 Å². The van der Waals surface area contributed by atoms with Crippen LogP contribution in [0.1, 0.15) is 75.3 Å². The van der Waals surface area contributed by atoms with Gasteiger partial charge < -0.3 is 0 Å². The minimum atomic E-state index is -0.117. The lowest BCUT2D eigenvalue weighted by atomic mass is 9.72. The number of hydrogen-bond acceptors (Lipinski definition) is 0. The fourth-order valence-corrected chi connectivity index (χ4v) is 9.65. The summed E-state index contributed by atoms with van der Waals surface area (Å²) < 4.78 is 0. The zero-order valence-corrected chi connectivity index (χ0v) is 31.5. The van der Waals surface area contributed by atoms with Gasteiger partial charge in [-0.05, 0) is 141 Å². The van der Waals surface area contributed by atoms with Crippen molar-refractivity contribution in [3.8, 4) is 55.6 Å². The molecule has 2 aliphatic carbocycles. The van der Waals surface area contributed by atoms with Crippen LogP contribution in [-0.2, 0) is 10.8 Å². The van der Waals surface area contributed by atoms with Crippen LogP contribution in [0.5, 0.6) is 0 Å². The smallest absolute Gasteiger partial charge is 0.0162 e. The van der Waals surface area contributed by atoms with E-state index in [0.717, 1.165) is 0 Å². The Bertz CT molecular complexity index is 2800. The van der Waals surface area contributed by atoms with E-state index >= 15 is 0 Å². The van der Waals surface area contributed by atoms with Crippen LogP contribution in [-0.4, -0.2) is 0 Å². The molecular weight excluding hydrogens is 637 g/mol. The summed E-state index contributed by atoms with van der Waals surface area (Å²) in [6.07, 6.45) is 0. The third kappa shape index (κ3) is 4.81. The molecule has 2 aliphatic rings. The van der Waals surface area contributed by atoms with Gasteiger partial charge in [-0.15, -0.1) is 0 Å². The van der Waals surface area contributed by atoms with E-state index in [2.05, 4.69) is 193 Å². The molecule has 0 amide bonds. The fourth-order valence-electron chi connectivity index (χ4n) is 9.65. The predicted octanol–water partition coefficient (Wildman–Crippen LogP) is 14.7. The van der Waals surface area contributed by atoms with Gasteiger partial charge in [-0.3, -0.25) is 0 Å². The normalized spacial score (nSPS) is 14.7. The topological polar surface area (TPSA) is 0 Å². The zero-order valence-electron chi connectivity index (χ0n) is 31.5. The lowest BCUT2D eigenvalue weighted by Gasteiger charge is -2.30. The molecule has 0 unspecified atom stereocenters. The van der Waals surface area contributed by atoms with Crippen molar-refractivity contribution >= 4 is 21.5 Å². The number of rotatable bonds is 4. The molecule has 256 valence electrons. The van der Waals surface area contributed by atoms with Gasteiger partial charge in [0.15, 0.2) is 0 Å². The third-order valence-corrected chi connectivity index (χ3v) is 12.5. The maximum absolute atomic E-state index is 2.49. The number of fused-ring (bicyclic) bond motifs is 9. The largest absolute Gasteiger partial charge is 0.0619 e. The number of hydrogen-bond donors (Lipinski definition) is 0. The van der Waals surface area contributed by atoms with E-state index in [1.807, 2.05) is 0 Å². The Kier molecular flexibility index (Phi) is 6.87. The van der Waals surface area contributed by atoms with Gasteiger partial charge in [-0.25, -0.2) is 0 Å². The predicted molar refractivity (Wildman–Crippen MR) is 227 cm³/mol. The molecule has 0 heterocycles. The monoisotopic (exact) mass is 680 g/mol. The zero-order chi connectivity index (χ0) is 36.2. The molecule has 0 bridgehead atoms. The van der Waals surface area contributed by atoms with Gasteiger partial charge in [0.2, 0.25) is 0 Å². The Morgan fingerprint density at radius 2 is 0.774 bits per heavy atom. The second-order valence-corrected chi connectivity index (χ2v) is 16.8. The molecule has 0 fully saturated rings. The Morgan fingerprint density at radius 3 is 1.40 bits per heavy atom. The van der Waals surface area contributed by atoms with Gasteiger partial charge in [-0.1, -0.05) is 163 Å². The summed E-state index contributed by atoms with van der Waals surface area (Å²) in [5.74, 6) is 0.417. The van der Waals surface area contributed by atoms with Crippen LogP contribution in [0, 0.1) is 0 Å². The first-order valence-corrected chi connectivity index (χ1v) is 19.2. The van der Waals surface area contributed by atoms with Crippen LogP contribution >= 0.6 is 0 Å². The van der Waals surface area contributed by atoms with Crippen molar-refractivity contribution in [2.45, 2.75) is 58.3 Å². The highest BCUT2D eigenvalue weighted by molar-refractivity contribution is 5.95. The summed E-state index contributed by atoms with van der Waals surface area (Å²) in [6, 6.07) is 57.5. The number of benzene rings is 8. The summed E-state index contributed by atoms with van der Waals surface area (Å²) in [6.45, 7) is 14.3. The highest BCUT2D eigenvalue weighted by Gasteiger charge is 2.45. The van der Waals surface area contributed by atoms with Crippen molar-refractivity contribution in [1.29, 1.82) is 0 Å². The van der Waals surface area contributed by atoms with Crippen LogP contribution in [0.4, 0.5) is 0 Å². The lowest BCUT2D eigenvalue weighted by Crippen LogP contribution is -2.24. The first-order chi connectivity index (χ1) is 25.6. The van der Waals surface area contributed by atoms with Crippen molar-refractivity contribution in [3.05, 3.63) is 179 Å². The highest BCUT2D eigenvalue weighted by atomic mass is 14.5. The van der Waals surface area contributed by atoms with Gasteiger partial charge in [0.25, 0.3) is 0 Å². The molecule has 0 aliphatic heterocycles. The van der Waals surface area contributed by atoms with Crippen molar-refractivity contribution in [2.75, 3.05) is 0 Å². The highest BCUT2D eigenvalue weighted by Crippen LogP contribution is 2.59. The molecule has 0 atom stereocenters. The molecule has 0 radical (unpaired) electrons. The van der Waals surface area contributed by atoms with E-state index in [1.54, 1.807) is 0 Å². The van der Waals surface area contributed by atoms with Crippen LogP contribution < -0.4 is 0 Å². The quantitative estimate of drug-likeness (QED) is 0.174. The van der Waals surface area contributed by atoms with Gasteiger partial charge >= 0.3 is 0 Å². The van der Waals surface area contributed by atoms with E-state index < -0.39 is 0 Å². The standard InChI is InChI=1S/C53H44/c1-32(2)41-28-42(39-20-19-37-26-36(17-18-38(37)27-39)35-16-15-33-11-7-8-12-34(33)25-35)30-43(29-41)40-21-22-45-47-24-23-46-44-13-9-10-14-48(44)52(3,4)50(46)51(47)53(5,6)49(45)31-40/h7-32H,1-6H3. The first kappa shape index (κ1) is 32.0. The average Bonchev–Trinajstić information content (AvgIpc) is 3.56.